The number of nitrogens with zero attached hydrogens (tertiary/aromatic N) is 1. The molecule has 98 valence electrons. The van der Waals surface area contributed by atoms with Gasteiger partial charge in [0.15, 0.2) is 0 Å². The zero-order valence-electron chi connectivity index (χ0n) is 10.3. The number of hydrogen-bond acceptors (Lipinski definition) is 4. The summed E-state index contributed by atoms with van der Waals surface area (Å²) in [4.78, 5) is 16.1. The van der Waals surface area contributed by atoms with Crippen LogP contribution in [0.4, 0.5) is 5.69 Å². The molecule has 5 heteroatoms. The highest BCUT2D eigenvalue weighted by Crippen LogP contribution is 2.12. The van der Waals surface area contributed by atoms with Gasteiger partial charge < -0.3 is 16.2 Å². The minimum atomic E-state index is -0.229. The van der Waals surface area contributed by atoms with Crippen molar-refractivity contribution < 1.29 is 9.90 Å². The van der Waals surface area contributed by atoms with Crippen LogP contribution in [-0.2, 0) is 13.2 Å². The number of benzene rings is 1. The van der Waals surface area contributed by atoms with E-state index in [1.807, 2.05) is 0 Å². The van der Waals surface area contributed by atoms with Crippen molar-refractivity contribution in [2.75, 3.05) is 5.32 Å². The third-order valence-electron chi connectivity index (χ3n) is 2.66. The molecule has 0 spiro atoms. The van der Waals surface area contributed by atoms with Gasteiger partial charge in [-0.3, -0.25) is 9.78 Å². The minimum Gasteiger partial charge on any atom is -0.392 e. The topological polar surface area (TPSA) is 88.2 Å². The van der Waals surface area contributed by atoms with Crippen LogP contribution >= 0.6 is 0 Å². The number of nitrogens with two attached hydrogens (primary N) is 1. The van der Waals surface area contributed by atoms with Crippen molar-refractivity contribution in [2.45, 2.75) is 13.2 Å². The van der Waals surface area contributed by atoms with E-state index in [0.717, 1.165) is 5.56 Å². The average Bonchev–Trinajstić information content (AvgIpc) is 2.47. The Bertz CT molecular complexity index is 584. The van der Waals surface area contributed by atoms with Crippen LogP contribution in [0, 0.1) is 0 Å². The number of hydrogen-bond donors (Lipinski definition) is 3. The van der Waals surface area contributed by atoms with Crippen molar-refractivity contribution in [1.29, 1.82) is 0 Å². The van der Waals surface area contributed by atoms with Gasteiger partial charge in [-0.25, -0.2) is 0 Å². The Labute approximate surface area is 111 Å². The molecule has 1 heterocycles. The number of anilines is 1. The van der Waals surface area contributed by atoms with Gasteiger partial charge in [0.05, 0.1) is 12.3 Å². The predicted molar refractivity (Wildman–Crippen MR) is 72.4 cm³/mol. The fourth-order valence-corrected chi connectivity index (χ4v) is 1.68. The third kappa shape index (κ3) is 3.37. The van der Waals surface area contributed by atoms with Crippen molar-refractivity contribution in [3.05, 3.63) is 59.4 Å². The number of amides is 1. The molecule has 0 atom stereocenters. The molecule has 0 fully saturated rings. The molecule has 2 rings (SSSR count). The number of carbonyl (C=O) groups excluding carboxylic acids is 1. The van der Waals surface area contributed by atoms with E-state index < -0.39 is 0 Å². The maximum absolute atomic E-state index is 12.0. The number of aliphatic hydroxyl groups is 1. The number of rotatable bonds is 4. The molecule has 2 aromatic rings. The van der Waals surface area contributed by atoms with Crippen LogP contribution in [-0.4, -0.2) is 16.0 Å². The van der Waals surface area contributed by atoms with Crippen LogP contribution in [0.5, 0.6) is 0 Å². The van der Waals surface area contributed by atoms with E-state index in [1.165, 1.54) is 0 Å². The maximum atomic E-state index is 12.0. The third-order valence-corrected chi connectivity index (χ3v) is 2.66. The lowest BCUT2D eigenvalue weighted by molar-refractivity contribution is 0.102. The summed E-state index contributed by atoms with van der Waals surface area (Å²) < 4.78 is 0. The second-order valence-electron chi connectivity index (χ2n) is 4.05. The molecule has 1 aromatic heterocycles. The Morgan fingerprint density at radius 3 is 2.89 bits per heavy atom. The summed E-state index contributed by atoms with van der Waals surface area (Å²) in [6.07, 6.45) is 1.56. The molecule has 0 aliphatic heterocycles. The van der Waals surface area contributed by atoms with Crippen LogP contribution in [0.15, 0.2) is 42.6 Å². The SMILES string of the molecule is NCc1cc(C(=O)Nc2cccc(CO)c2)ccn1. The number of carbonyl (C=O) groups is 1. The van der Waals surface area contributed by atoms with Crippen LogP contribution in [0.25, 0.3) is 0 Å². The zero-order chi connectivity index (χ0) is 13.7. The Hall–Kier alpha value is -2.24. The van der Waals surface area contributed by atoms with Gasteiger partial charge in [0, 0.05) is 24.0 Å². The van der Waals surface area contributed by atoms with Crippen molar-refractivity contribution in [3.8, 4) is 0 Å². The number of aromatic nitrogens is 1. The second-order valence-corrected chi connectivity index (χ2v) is 4.05. The highest BCUT2D eigenvalue weighted by atomic mass is 16.3. The Balaban J connectivity index is 2.15. The molecular formula is C14H15N3O2. The highest BCUT2D eigenvalue weighted by molar-refractivity contribution is 6.04. The van der Waals surface area contributed by atoms with Crippen LogP contribution in [0.3, 0.4) is 0 Å². The van der Waals surface area contributed by atoms with Crippen LogP contribution < -0.4 is 11.1 Å². The number of aliphatic hydroxyl groups excluding tert-OH is 1. The summed E-state index contributed by atoms with van der Waals surface area (Å²) in [6.45, 7) is 0.234. The molecular weight excluding hydrogens is 242 g/mol. The Morgan fingerprint density at radius 1 is 1.32 bits per heavy atom. The van der Waals surface area contributed by atoms with E-state index in [-0.39, 0.29) is 12.5 Å². The number of pyridine rings is 1. The van der Waals surface area contributed by atoms with Crippen molar-refractivity contribution in [1.82, 2.24) is 4.98 Å². The molecule has 1 aromatic carbocycles. The quantitative estimate of drug-likeness (QED) is 0.770. The van der Waals surface area contributed by atoms with E-state index in [9.17, 15) is 4.79 Å². The van der Waals surface area contributed by atoms with E-state index in [4.69, 9.17) is 10.8 Å². The standard InChI is InChI=1S/C14H15N3O2/c15-8-13-7-11(4-5-16-13)14(19)17-12-3-1-2-10(6-12)9-18/h1-7,18H,8-9,15H2,(H,17,19). The summed E-state index contributed by atoms with van der Waals surface area (Å²) >= 11 is 0. The average molecular weight is 257 g/mol. The fourth-order valence-electron chi connectivity index (χ4n) is 1.68. The lowest BCUT2D eigenvalue weighted by Gasteiger charge is -2.07. The monoisotopic (exact) mass is 257 g/mol. The molecule has 0 radical (unpaired) electrons. The van der Waals surface area contributed by atoms with E-state index in [0.29, 0.717) is 23.5 Å². The van der Waals surface area contributed by atoms with Gasteiger partial charge in [-0.1, -0.05) is 12.1 Å². The Kier molecular flexibility index (Phi) is 4.22. The van der Waals surface area contributed by atoms with Gasteiger partial charge in [-0.05, 0) is 29.8 Å². The molecule has 0 unspecified atom stereocenters. The molecule has 5 nitrogen and oxygen atoms in total. The first kappa shape index (κ1) is 13.2. The minimum absolute atomic E-state index is 0.0592. The summed E-state index contributed by atoms with van der Waals surface area (Å²) in [5, 5.41) is 11.8. The summed E-state index contributed by atoms with van der Waals surface area (Å²) in [5.41, 5.74) is 8.04. The highest BCUT2D eigenvalue weighted by Gasteiger charge is 2.07. The number of nitrogens with one attached hydrogen (secondary N) is 1. The predicted octanol–water partition coefficient (Wildman–Crippen LogP) is 1.28. The molecule has 0 aliphatic carbocycles. The van der Waals surface area contributed by atoms with E-state index >= 15 is 0 Å². The molecule has 0 saturated carbocycles. The Morgan fingerprint density at radius 2 is 2.16 bits per heavy atom. The molecule has 1 amide bonds. The smallest absolute Gasteiger partial charge is 0.255 e. The van der Waals surface area contributed by atoms with E-state index in [1.54, 1.807) is 42.6 Å². The van der Waals surface area contributed by atoms with Crippen molar-refractivity contribution in [2.24, 2.45) is 5.73 Å². The maximum Gasteiger partial charge on any atom is 0.255 e. The lowest BCUT2D eigenvalue weighted by atomic mass is 10.2. The van der Waals surface area contributed by atoms with Gasteiger partial charge in [-0.2, -0.15) is 0 Å². The van der Waals surface area contributed by atoms with Gasteiger partial charge >= 0.3 is 0 Å². The van der Waals surface area contributed by atoms with Crippen molar-refractivity contribution in [3.63, 3.8) is 0 Å². The summed E-state index contributed by atoms with van der Waals surface area (Å²) in [7, 11) is 0. The molecule has 0 saturated heterocycles. The van der Waals surface area contributed by atoms with E-state index in [2.05, 4.69) is 10.3 Å². The summed E-state index contributed by atoms with van der Waals surface area (Å²) in [6, 6.07) is 10.3. The second kappa shape index (κ2) is 6.08. The van der Waals surface area contributed by atoms with Gasteiger partial charge in [0.2, 0.25) is 0 Å². The normalized spacial score (nSPS) is 10.2. The molecule has 4 N–H and O–H groups in total. The molecule has 19 heavy (non-hydrogen) atoms. The molecule has 0 bridgehead atoms. The lowest BCUT2D eigenvalue weighted by Crippen LogP contribution is -2.13. The largest absolute Gasteiger partial charge is 0.392 e. The van der Waals surface area contributed by atoms with Crippen LogP contribution in [0.1, 0.15) is 21.6 Å². The van der Waals surface area contributed by atoms with Gasteiger partial charge in [0.25, 0.3) is 5.91 Å². The summed E-state index contributed by atoms with van der Waals surface area (Å²) in [5.74, 6) is -0.229. The first-order valence-corrected chi connectivity index (χ1v) is 5.89. The van der Waals surface area contributed by atoms with Crippen LogP contribution in [0.2, 0.25) is 0 Å². The van der Waals surface area contributed by atoms with Crippen molar-refractivity contribution >= 4 is 11.6 Å². The fraction of sp³-hybridized carbons (Fsp3) is 0.143. The first-order valence-electron chi connectivity index (χ1n) is 5.89. The van der Waals surface area contributed by atoms with Gasteiger partial charge in [-0.15, -0.1) is 0 Å². The first-order chi connectivity index (χ1) is 9.22. The zero-order valence-corrected chi connectivity index (χ0v) is 10.3. The van der Waals surface area contributed by atoms with Gasteiger partial charge in [0.1, 0.15) is 0 Å². The molecule has 0 aliphatic rings.